The molecule has 2 aliphatic rings. The number of guanidine groups is 1. The van der Waals surface area contributed by atoms with E-state index in [1.165, 1.54) is 4.31 Å². The standard InChI is InChI=1S/C17H24N4O2S/c18-11-10-14-6-8-16(9-7-14)24(22,23)21-13-12-20(17(21)19)15-4-2-1-3-5-15/h2,4,6-9,15,19H,1,3,5,10-13,18H2. The van der Waals surface area contributed by atoms with E-state index < -0.39 is 10.0 Å². The van der Waals surface area contributed by atoms with E-state index in [9.17, 15) is 8.42 Å². The van der Waals surface area contributed by atoms with Gasteiger partial charge < -0.3 is 10.6 Å². The highest BCUT2D eigenvalue weighted by molar-refractivity contribution is 7.89. The van der Waals surface area contributed by atoms with Crippen molar-refractivity contribution in [2.75, 3.05) is 19.6 Å². The van der Waals surface area contributed by atoms with Crippen LogP contribution in [0.5, 0.6) is 0 Å². The van der Waals surface area contributed by atoms with Crippen molar-refractivity contribution in [1.82, 2.24) is 9.21 Å². The van der Waals surface area contributed by atoms with E-state index in [2.05, 4.69) is 12.2 Å². The highest BCUT2D eigenvalue weighted by Gasteiger charge is 2.37. The third-order valence-electron chi connectivity index (χ3n) is 4.63. The van der Waals surface area contributed by atoms with Crippen LogP contribution < -0.4 is 5.73 Å². The van der Waals surface area contributed by atoms with Crippen molar-refractivity contribution in [3.05, 3.63) is 42.0 Å². The Hall–Kier alpha value is -1.86. The van der Waals surface area contributed by atoms with Gasteiger partial charge in [0.25, 0.3) is 10.0 Å². The topological polar surface area (TPSA) is 90.5 Å². The molecular weight excluding hydrogens is 324 g/mol. The van der Waals surface area contributed by atoms with Crippen molar-refractivity contribution in [2.45, 2.75) is 36.6 Å². The van der Waals surface area contributed by atoms with Gasteiger partial charge in [-0.15, -0.1) is 0 Å². The van der Waals surface area contributed by atoms with E-state index in [4.69, 9.17) is 11.1 Å². The molecule has 1 fully saturated rings. The lowest BCUT2D eigenvalue weighted by molar-refractivity contribution is 0.357. The SMILES string of the molecule is N=C1N(C2C=CCCC2)CCN1S(=O)(=O)c1ccc(CCN)cc1. The van der Waals surface area contributed by atoms with E-state index in [1.807, 2.05) is 4.90 Å². The zero-order chi connectivity index (χ0) is 17.2. The minimum absolute atomic E-state index is 0.0811. The summed E-state index contributed by atoms with van der Waals surface area (Å²) in [5.41, 5.74) is 6.54. The molecule has 0 amide bonds. The van der Waals surface area contributed by atoms with Crippen LogP contribution in [0, 0.1) is 5.41 Å². The number of nitrogens with two attached hydrogens (primary N) is 1. The van der Waals surface area contributed by atoms with Crippen molar-refractivity contribution < 1.29 is 8.42 Å². The summed E-state index contributed by atoms with van der Waals surface area (Å²) in [6, 6.07) is 6.94. The third-order valence-corrected chi connectivity index (χ3v) is 6.43. The number of sulfonamides is 1. The zero-order valence-electron chi connectivity index (χ0n) is 13.7. The summed E-state index contributed by atoms with van der Waals surface area (Å²) in [7, 11) is -3.68. The van der Waals surface area contributed by atoms with Gasteiger partial charge in [-0.3, -0.25) is 5.41 Å². The molecule has 1 aromatic rings. The number of nitrogens with zero attached hydrogens (tertiary/aromatic N) is 2. The first-order valence-corrected chi connectivity index (χ1v) is 9.81. The quantitative estimate of drug-likeness (QED) is 0.790. The van der Waals surface area contributed by atoms with Crippen LogP contribution in [0.3, 0.4) is 0 Å². The minimum Gasteiger partial charge on any atom is -0.334 e. The summed E-state index contributed by atoms with van der Waals surface area (Å²) < 4.78 is 26.9. The lowest BCUT2D eigenvalue weighted by Crippen LogP contribution is -2.41. The van der Waals surface area contributed by atoms with E-state index >= 15 is 0 Å². The summed E-state index contributed by atoms with van der Waals surface area (Å²) in [6.45, 7) is 1.43. The van der Waals surface area contributed by atoms with Crippen molar-refractivity contribution in [3.63, 3.8) is 0 Å². The first kappa shape index (κ1) is 17.0. The first-order valence-electron chi connectivity index (χ1n) is 8.37. The molecule has 7 heteroatoms. The van der Waals surface area contributed by atoms with Crippen molar-refractivity contribution in [3.8, 4) is 0 Å². The van der Waals surface area contributed by atoms with Crippen LogP contribution in [0.4, 0.5) is 0 Å². The van der Waals surface area contributed by atoms with Gasteiger partial charge in [-0.25, -0.2) is 12.7 Å². The maximum absolute atomic E-state index is 12.9. The number of hydrogen-bond donors (Lipinski definition) is 2. The Morgan fingerprint density at radius 3 is 2.58 bits per heavy atom. The van der Waals surface area contributed by atoms with Crippen molar-refractivity contribution >= 4 is 16.0 Å². The number of nitrogens with one attached hydrogen (secondary N) is 1. The van der Waals surface area contributed by atoms with Gasteiger partial charge in [0.2, 0.25) is 5.96 Å². The molecule has 24 heavy (non-hydrogen) atoms. The van der Waals surface area contributed by atoms with Crippen LogP contribution in [0.2, 0.25) is 0 Å². The van der Waals surface area contributed by atoms with E-state index in [1.54, 1.807) is 24.3 Å². The molecule has 1 heterocycles. The van der Waals surface area contributed by atoms with Gasteiger partial charge in [0.15, 0.2) is 0 Å². The summed E-state index contributed by atoms with van der Waals surface area (Å²) >= 11 is 0. The molecule has 3 N–H and O–H groups in total. The maximum atomic E-state index is 12.9. The second-order valence-electron chi connectivity index (χ2n) is 6.20. The molecule has 0 spiro atoms. The van der Waals surface area contributed by atoms with Gasteiger partial charge in [0.05, 0.1) is 17.5 Å². The summed E-state index contributed by atoms with van der Waals surface area (Å²) in [6.07, 6.45) is 8.06. The Bertz CT molecular complexity index is 727. The second kappa shape index (κ2) is 6.94. The molecule has 1 saturated heterocycles. The van der Waals surface area contributed by atoms with E-state index in [0.29, 0.717) is 19.6 Å². The van der Waals surface area contributed by atoms with Gasteiger partial charge in [-0.05, 0) is 49.9 Å². The number of rotatable bonds is 5. The van der Waals surface area contributed by atoms with Gasteiger partial charge in [0, 0.05) is 6.54 Å². The molecule has 0 saturated carbocycles. The molecule has 3 rings (SSSR count). The average molecular weight is 348 g/mol. The predicted octanol–water partition coefficient (Wildman–Crippen LogP) is 1.54. The largest absolute Gasteiger partial charge is 0.334 e. The molecular formula is C17H24N4O2S. The fourth-order valence-electron chi connectivity index (χ4n) is 3.29. The Labute approximate surface area is 143 Å². The lowest BCUT2D eigenvalue weighted by atomic mass is 10.0. The molecule has 1 atom stereocenters. The normalized spacial score (nSPS) is 21.5. The van der Waals surface area contributed by atoms with Crippen LogP contribution in [0.25, 0.3) is 0 Å². The van der Waals surface area contributed by atoms with Gasteiger partial charge in [-0.2, -0.15) is 0 Å². The Morgan fingerprint density at radius 1 is 1.21 bits per heavy atom. The van der Waals surface area contributed by atoms with E-state index in [-0.39, 0.29) is 16.9 Å². The van der Waals surface area contributed by atoms with Crippen LogP contribution in [-0.2, 0) is 16.4 Å². The molecule has 0 radical (unpaired) electrons. The predicted molar refractivity (Wildman–Crippen MR) is 94.3 cm³/mol. The molecule has 130 valence electrons. The summed E-state index contributed by atoms with van der Waals surface area (Å²) in [4.78, 5) is 2.12. The van der Waals surface area contributed by atoms with Crippen LogP contribution in [0.1, 0.15) is 24.8 Å². The van der Waals surface area contributed by atoms with Crippen LogP contribution in [-0.4, -0.2) is 49.3 Å². The molecule has 0 bridgehead atoms. The zero-order valence-corrected chi connectivity index (χ0v) is 14.5. The number of allylic oxidation sites excluding steroid dienone is 1. The molecule has 6 nitrogen and oxygen atoms in total. The average Bonchev–Trinajstić information content (AvgIpc) is 2.99. The molecule has 1 aliphatic carbocycles. The first-order chi connectivity index (χ1) is 11.5. The molecule has 1 aliphatic heterocycles. The molecule has 1 aromatic carbocycles. The third kappa shape index (κ3) is 3.18. The Kier molecular flexibility index (Phi) is 4.91. The van der Waals surface area contributed by atoms with Crippen LogP contribution >= 0.6 is 0 Å². The summed E-state index contributed by atoms with van der Waals surface area (Å²) in [5, 5.41) is 8.33. The smallest absolute Gasteiger partial charge is 0.266 e. The fourth-order valence-corrected chi connectivity index (χ4v) is 4.68. The van der Waals surface area contributed by atoms with Crippen molar-refractivity contribution in [1.29, 1.82) is 5.41 Å². The highest BCUT2D eigenvalue weighted by atomic mass is 32.2. The van der Waals surface area contributed by atoms with Crippen molar-refractivity contribution in [2.24, 2.45) is 5.73 Å². The van der Waals surface area contributed by atoms with E-state index in [0.717, 1.165) is 31.2 Å². The lowest BCUT2D eigenvalue weighted by Gasteiger charge is -2.29. The Morgan fingerprint density at radius 2 is 1.96 bits per heavy atom. The maximum Gasteiger partial charge on any atom is 0.266 e. The van der Waals surface area contributed by atoms with Crippen LogP contribution in [0.15, 0.2) is 41.3 Å². The number of benzene rings is 1. The molecule has 1 unspecified atom stereocenters. The fraction of sp³-hybridized carbons (Fsp3) is 0.471. The summed E-state index contributed by atoms with van der Waals surface area (Å²) in [5.74, 6) is 0.0811. The Balaban J connectivity index is 1.78. The second-order valence-corrected chi connectivity index (χ2v) is 8.07. The van der Waals surface area contributed by atoms with Gasteiger partial charge in [0.1, 0.15) is 0 Å². The molecule has 0 aromatic heterocycles. The monoisotopic (exact) mass is 348 g/mol. The minimum atomic E-state index is -3.68. The highest BCUT2D eigenvalue weighted by Crippen LogP contribution is 2.25. The van der Waals surface area contributed by atoms with Gasteiger partial charge in [-0.1, -0.05) is 24.3 Å². The van der Waals surface area contributed by atoms with Gasteiger partial charge >= 0.3 is 0 Å². The number of hydrogen-bond acceptors (Lipinski definition) is 4.